The van der Waals surface area contributed by atoms with Gasteiger partial charge in [0.15, 0.2) is 0 Å². The number of benzene rings is 1. The molecule has 0 bridgehead atoms. The number of aryl methyl sites for hydroxylation is 1. The number of nitrogens with one attached hydrogen (secondary N) is 1. The van der Waals surface area contributed by atoms with Gasteiger partial charge >= 0.3 is 0 Å². The Hall–Kier alpha value is -1.81. The number of nitrogens with zero attached hydrogens (tertiary/aromatic N) is 2. The van der Waals surface area contributed by atoms with Gasteiger partial charge in [-0.2, -0.15) is 0 Å². The van der Waals surface area contributed by atoms with Gasteiger partial charge in [0.25, 0.3) is 0 Å². The van der Waals surface area contributed by atoms with E-state index in [1.165, 1.54) is 0 Å². The smallest absolute Gasteiger partial charge is 0.0772 e. The summed E-state index contributed by atoms with van der Waals surface area (Å²) in [5.74, 6) is 0. The summed E-state index contributed by atoms with van der Waals surface area (Å²) in [6, 6.07) is 5.96. The molecule has 2 rings (SSSR count). The van der Waals surface area contributed by atoms with E-state index in [-0.39, 0.29) is 0 Å². The fourth-order valence-corrected chi connectivity index (χ4v) is 2.20. The molecule has 0 aliphatic rings. The zero-order valence-corrected chi connectivity index (χ0v) is 11.9. The van der Waals surface area contributed by atoms with Gasteiger partial charge in [0, 0.05) is 29.5 Å². The maximum atomic E-state index is 6.09. The molecule has 102 valence electrons. The first kappa shape index (κ1) is 13.6. The highest BCUT2D eigenvalue weighted by atomic mass is 15.1. The number of aromatic nitrogens is 1. The Kier molecular flexibility index (Phi) is 4.22. The summed E-state index contributed by atoms with van der Waals surface area (Å²) in [6.45, 7) is 4.07. The molecule has 0 aliphatic heterocycles. The molecule has 0 amide bonds. The summed E-state index contributed by atoms with van der Waals surface area (Å²) < 4.78 is 0. The van der Waals surface area contributed by atoms with E-state index in [1.807, 2.05) is 24.4 Å². The van der Waals surface area contributed by atoms with Crippen molar-refractivity contribution in [2.45, 2.75) is 13.3 Å². The van der Waals surface area contributed by atoms with Crippen LogP contribution < -0.4 is 11.1 Å². The number of nitrogens with two attached hydrogens (primary N) is 1. The van der Waals surface area contributed by atoms with Crippen LogP contribution in [0.2, 0.25) is 0 Å². The first-order chi connectivity index (χ1) is 9.09. The number of hydrogen-bond donors (Lipinski definition) is 2. The standard InChI is InChI=1S/C15H22N4/c1-11-5-6-12(16)14-13(7-9-18-15(11)14)17-8-4-10-19(2)3/h5-7,9H,4,8,10,16H2,1-3H3,(H,17,18). The van der Waals surface area contributed by atoms with Gasteiger partial charge in [-0.15, -0.1) is 0 Å². The second-order valence-corrected chi connectivity index (χ2v) is 5.14. The van der Waals surface area contributed by atoms with Crippen LogP contribution >= 0.6 is 0 Å². The molecule has 1 aromatic heterocycles. The van der Waals surface area contributed by atoms with Crippen LogP contribution in [-0.2, 0) is 0 Å². The van der Waals surface area contributed by atoms with E-state index in [0.29, 0.717) is 0 Å². The summed E-state index contributed by atoms with van der Waals surface area (Å²) in [6.07, 6.45) is 2.94. The first-order valence-electron chi connectivity index (χ1n) is 6.62. The second-order valence-electron chi connectivity index (χ2n) is 5.14. The molecule has 4 nitrogen and oxygen atoms in total. The minimum absolute atomic E-state index is 0.781. The Morgan fingerprint density at radius 1 is 1.26 bits per heavy atom. The average molecular weight is 258 g/mol. The van der Waals surface area contributed by atoms with Crippen LogP contribution in [0.4, 0.5) is 11.4 Å². The molecule has 0 spiro atoms. The van der Waals surface area contributed by atoms with Crippen molar-refractivity contribution in [3.63, 3.8) is 0 Å². The summed E-state index contributed by atoms with van der Waals surface area (Å²) in [5.41, 5.74) is 10.1. The van der Waals surface area contributed by atoms with Gasteiger partial charge in [0.05, 0.1) is 5.52 Å². The number of anilines is 2. The van der Waals surface area contributed by atoms with Crippen LogP contribution in [0.15, 0.2) is 24.4 Å². The van der Waals surface area contributed by atoms with Crippen LogP contribution in [0, 0.1) is 6.92 Å². The summed E-state index contributed by atoms with van der Waals surface area (Å²) in [5, 5.41) is 4.50. The summed E-state index contributed by atoms with van der Waals surface area (Å²) >= 11 is 0. The minimum atomic E-state index is 0.781. The fourth-order valence-electron chi connectivity index (χ4n) is 2.20. The third-order valence-electron chi connectivity index (χ3n) is 3.22. The van der Waals surface area contributed by atoms with Crippen molar-refractivity contribution in [2.24, 2.45) is 0 Å². The summed E-state index contributed by atoms with van der Waals surface area (Å²) in [4.78, 5) is 6.62. The highest BCUT2D eigenvalue weighted by molar-refractivity contribution is 6.01. The first-order valence-corrected chi connectivity index (χ1v) is 6.62. The Morgan fingerprint density at radius 3 is 2.79 bits per heavy atom. The number of rotatable bonds is 5. The monoisotopic (exact) mass is 258 g/mol. The lowest BCUT2D eigenvalue weighted by Gasteiger charge is -2.13. The molecule has 3 N–H and O–H groups in total. The van der Waals surface area contributed by atoms with Crippen molar-refractivity contribution < 1.29 is 0 Å². The van der Waals surface area contributed by atoms with Crippen molar-refractivity contribution in [3.05, 3.63) is 30.0 Å². The van der Waals surface area contributed by atoms with E-state index in [2.05, 4.69) is 36.2 Å². The quantitative estimate of drug-likeness (QED) is 0.639. The number of pyridine rings is 1. The molecule has 0 fully saturated rings. The van der Waals surface area contributed by atoms with E-state index in [4.69, 9.17) is 5.73 Å². The summed E-state index contributed by atoms with van der Waals surface area (Å²) in [7, 11) is 4.17. The van der Waals surface area contributed by atoms with Gasteiger partial charge < -0.3 is 16.0 Å². The number of hydrogen-bond acceptors (Lipinski definition) is 4. The lowest BCUT2D eigenvalue weighted by Crippen LogP contribution is -2.16. The molecule has 2 aromatic rings. The normalized spacial score (nSPS) is 11.2. The predicted molar refractivity (Wildman–Crippen MR) is 82.6 cm³/mol. The van der Waals surface area contributed by atoms with Gasteiger partial charge in [-0.1, -0.05) is 6.07 Å². The topological polar surface area (TPSA) is 54.2 Å². The third-order valence-corrected chi connectivity index (χ3v) is 3.22. The largest absolute Gasteiger partial charge is 0.398 e. The Balaban J connectivity index is 2.21. The highest BCUT2D eigenvalue weighted by Crippen LogP contribution is 2.29. The van der Waals surface area contributed by atoms with Crippen LogP contribution in [0.1, 0.15) is 12.0 Å². The number of nitrogen functional groups attached to an aromatic ring is 1. The zero-order valence-electron chi connectivity index (χ0n) is 11.9. The minimum Gasteiger partial charge on any atom is -0.398 e. The maximum Gasteiger partial charge on any atom is 0.0772 e. The van der Waals surface area contributed by atoms with Crippen molar-refractivity contribution in [3.8, 4) is 0 Å². The molecular weight excluding hydrogens is 236 g/mol. The molecule has 1 aromatic carbocycles. The van der Waals surface area contributed by atoms with Gasteiger partial charge in [-0.3, -0.25) is 4.98 Å². The van der Waals surface area contributed by atoms with Gasteiger partial charge in [0.1, 0.15) is 0 Å². The van der Waals surface area contributed by atoms with Gasteiger partial charge in [-0.05, 0) is 51.7 Å². The third kappa shape index (κ3) is 3.15. The van der Waals surface area contributed by atoms with Crippen LogP contribution in [0.3, 0.4) is 0 Å². The Bertz CT molecular complexity index is 563. The second kappa shape index (κ2) is 5.89. The van der Waals surface area contributed by atoms with E-state index in [1.54, 1.807) is 0 Å². The molecule has 19 heavy (non-hydrogen) atoms. The lowest BCUT2D eigenvalue weighted by molar-refractivity contribution is 0.405. The van der Waals surface area contributed by atoms with Crippen molar-refractivity contribution in [1.29, 1.82) is 0 Å². The van der Waals surface area contributed by atoms with Gasteiger partial charge in [0.2, 0.25) is 0 Å². The van der Waals surface area contributed by atoms with Gasteiger partial charge in [-0.25, -0.2) is 0 Å². The molecule has 0 saturated carbocycles. The van der Waals surface area contributed by atoms with Crippen LogP contribution in [-0.4, -0.2) is 37.1 Å². The van der Waals surface area contributed by atoms with Crippen molar-refractivity contribution >= 4 is 22.3 Å². The molecular formula is C15H22N4. The number of fused-ring (bicyclic) bond motifs is 1. The van der Waals surface area contributed by atoms with Crippen molar-refractivity contribution in [2.75, 3.05) is 38.2 Å². The molecule has 0 unspecified atom stereocenters. The van der Waals surface area contributed by atoms with Crippen molar-refractivity contribution in [1.82, 2.24) is 9.88 Å². The molecule has 0 saturated heterocycles. The molecule has 4 heteroatoms. The maximum absolute atomic E-state index is 6.09. The Morgan fingerprint density at radius 2 is 2.05 bits per heavy atom. The predicted octanol–water partition coefficient (Wildman–Crippen LogP) is 2.49. The van der Waals surface area contributed by atoms with E-state index < -0.39 is 0 Å². The fraction of sp³-hybridized carbons (Fsp3) is 0.400. The highest BCUT2D eigenvalue weighted by Gasteiger charge is 2.07. The molecule has 1 heterocycles. The molecule has 0 radical (unpaired) electrons. The molecule has 0 aliphatic carbocycles. The van der Waals surface area contributed by atoms with E-state index in [0.717, 1.165) is 47.4 Å². The molecule has 0 atom stereocenters. The lowest BCUT2D eigenvalue weighted by atomic mass is 10.1. The van der Waals surface area contributed by atoms with Crippen LogP contribution in [0.5, 0.6) is 0 Å². The average Bonchev–Trinajstić information content (AvgIpc) is 2.39. The Labute approximate surface area is 114 Å². The SMILES string of the molecule is Cc1ccc(N)c2c(NCCCN(C)C)ccnc12. The van der Waals surface area contributed by atoms with Crippen LogP contribution in [0.25, 0.3) is 10.9 Å². The zero-order chi connectivity index (χ0) is 13.8. The van der Waals surface area contributed by atoms with E-state index >= 15 is 0 Å². The van der Waals surface area contributed by atoms with E-state index in [9.17, 15) is 0 Å².